The molecule has 0 unspecified atom stereocenters. The van der Waals surface area contributed by atoms with Gasteiger partial charge in [-0.3, -0.25) is 0 Å². The van der Waals surface area contributed by atoms with Crippen LogP contribution in [0.5, 0.6) is 0 Å². The third-order valence-electron chi connectivity index (χ3n) is 2.92. The number of fused-ring (bicyclic) bond motifs is 1. The van der Waals surface area contributed by atoms with Gasteiger partial charge in [0.15, 0.2) is 0 Å². The zero-order chi connectivity index (χ0) is 10.1. The molecule has 0 aromatic carbocycles. The average Bonchev–Trinajstić information content (AvgIpc) is 2.77. The number of piperidine rings is 1. The first-order valence-corrected chi connectivity index (χ1v) is 5.48. The first kappa shape index (κ1) is 8.71. The third-order valence-corrected chi connectivity index (χ3v) is 2.92. The molecular weight excluding hydrogens is 188 g/mol. The molecule has 2 aromatic rings. The molecule has 0 aliphatic carbocycles. The van der Waals surface area contributed by atoms with Crippen molar-refractivity contribution in [3.8, 4) is 0 Å². The molecule has 0 amide bonds. The summed E-state index contributed by atoms with van der Waals surface area (Å²) < 4.78 is 0. The standard InChI is InChI=1S/C11H14N4/c1-2-6-15(7-3-1)11-13-8-10-9(14-11)4-5-12-10/h4-5,8,12H,1-3,6-7H2. The van der Waals surface area contributed by atoms with Crippen molar-refractivity contribution in [1.29, 1.82) is 0 Å². The number of hydrogen-bond acceptors (Lipinski definition) is 3. The fraction of sp³-hybridized carbons (Fsp3) is 0.455. The first-order valence-electron chi connectivity index (χ1n) is 5.48. The van der Waals surface area contributed by atoms with Crippen molar-refractivity contribution >= 4 is 17.0 Å². The smallest absolute Gasteiger partial charge is 0.225 e. The van der Waals surface area contributed by atoms with E-state index in [1.54, 1.807) is 0 Å². The third kappa shape index (κ3) is 1.56. The highest BCUT2D eigenvalue weighted by molar-refractivity contribution is 5.74. The maximum absolute atomic E-state index is 4.54. The van der Waals surface area contributed by atoms with Crippen LogP contribution >= 0.6 is 0 Å². The van der Waals surface area contributed by atoms with E-state index in [4.69, 9.17) is 0 Å². The number of hydrogen-bond donors (Lipinski definition) is 1. The lowest BCUT2D eigenvalue weighted by Gasteiger charge is -2.26. The van der Waals surface area contributed by atoms with Gasteiger partial charge in [-0.1, -0.05) is 0 Å². The topological polar surface area (TPSA) is 44.8 Å². The molecule has 15 heavy (non-hydrogen) atoms. The summed E-state index contributed by atoms with van der Waals surface area (Å²) in [6, 6.07) is 1.99. The van der Waals surface area contributed by atoms with E-state index < -0.39 is 0 Å². The zero-order valence-electron chi connectivity index (χ0n) is 8.61. The van der Waals surface area contributed by atoms with Crippen LogP contribution in [0.15, 0.2) is 18.5 Å². The molecule has 1 N–H and O–H groups in total. The SMILES string of the molecule is c1cc2nc(N3CCCCC3)ncc2[nH]1. The number of rotatable bonds is 1. The van der Waals surface area contributed by atoms with Gasteiger partial charge >= 0.3 is 0 Å². The minimum absolute atomic E-state index is 0.877. The molecule has 1 aliphatic rings. The molecule has 4 heteroatoms. The summed E-state index contributed by atoms with van der Waals surface area (Å²) >= 11 is 0. The van der Waals surface area contributed by atoms with Gasteiger partial charge in [0.2, 0.25) is 5.95 Å². The van der Waals surface area contributed by atoms with Crippen LogP contribution in [0.25, 0.3) is 11.0 Å². The van der Waals surface area contributed by atoms with Gasteiger partial charge in [-0.05, 0) is 25.3 Å². The van der Waals surface area contributed by atoms with E-state index in [1.807, 2.05) is 18.5 Å². The Bertz CT molecular complexity index is 456. The van der Waals surface area contributed by atoms with Crippen LogP contribution in [0.1, 0.15) is 19.3 Å². The van der Waals surface area contributed by atoms with Crippen molar-refractivity contribution in [2.45, 2.75) is 19.3 Å². The Morgan fingerprint density at radius 2 is 2.07 bits per heavy atom. The molecule has 2 aromatic heterocycles. The summed E-state index contributed by atoms with van der Waals surface area (Å²) in [5, 5.41) is 0. The number of anilines is 1. The second kappa shape index (κ2) is 3.53. The van der Waals surface area contributed by atoms with E-state index in [0.717, 1.165) is 30.1 Å². The molecule has 4 nitrogen and oxygen atoms in total. The molecule has 0 spiro atoms. The van der Waals surface area contributed by atoms with Crippen molar-refractivity contribution in [3.63, 3.8) is 0 Å². The lowest BCUT2D eigenvalue weighted by atomic mass is 10.1. The Hall–Kier alpha value is -1.58. The van der Waals surface area contributed by atoms with E-state index in [0.29, 0.717) is 0 Å². The zero-order valence-corrected chi connectivity index (χ0v) is 8.61. The van der Waals surface area contributed by atoms with Crippen molar-refractivity contribution in [3.05, 3.63) is 18.5 Å². The van der Waals surface area contributed by atoms with Crippen molar-refractivity contribution in [1.82, 2.24) is 15.0 Å². The van der Waals surface area contributed by atoms with E-state index in [2.05, 4.69) is 19.9 Å². The van der Waals surface area contributed by atoms with Crippen LogP contribution in [0.2, 0.25) is 0 Å². The van der Waals surface area contributed by atoms with E-state index in [1.165, 1.54) is 19.3 Å². The second-order valence-corrected chi connectivity index (χ2v) is 3.99. The summed E-state index contributed by atoms with van der Waals surface area (Å²) in [7, 11) is 0. The lowest BCUT2D eigenvalue weighted by Crippen LogP contribution is -2.30. The average molecular weight is 202 g/mol. The Morgan fingerprint density at radius 3 is 2.93 bits per heavy atom. The maximum atomic E-state index is 4.54. The molecule has 0 saturated carbocycles. The molecule has 3 heterocycles. The Labute approximate surface area is 88.3 Å². The van der Waals surface area contributed by atoms with Crippen LogP contribution < -0.4 is 4.90 Å². The van der Waals surface area contributed by atoms with Crippen LogP contribution in [-0.2, 0) is 0 Å². The van der Waals surface area contributed by atoms with Gasteiger partial charge in [0.25, 0.3) is 0 Å². The first-order chi connectivity index (χ1) is 7.43. The summed E-state index contributed by atoms with van der Waals surface area (Å²) in [6.07, 6.45) is 7.62. The largest absolute Gasteiger partial charge is 0.359 e. The molecule has 0 radical (unpaired) electrons. The number of aromatic nitrogens is 3. The van der Waals surface area contributed by atoms with Gasteiger partial charge in [-0.25, -0.2) is 9.97 Å². The number of H-pyrrole nitrogens is 1. The molecule has 0 atom stereocenters. The summed E-state index contributed by atoms with van der Waals surface area (Å²) in [6.45, 7) is 2.19. The van der Waals surface area contributed by atoms with E-state index in [-0.39, 0.29) is 0 Å². The minimum atomic E-state index is 0.877. The van der Waals surface area contributed by atoms with Gasteiger partial charge in [0, 0.05) is 19.3 Å². The van der Waals surface area contributed by atoms with E-state index >= 15 is 0 Å². The molecule has 1 saturated heterocycles. The van der Waals surface area contributed by atoms with Crippen molar-refractivity contribution in [2.24, 2.45) is 0 Å². The highest BCUT2D eigenvalue weighted by Gasteiger charge is 2.13. The van der Waals surface area contributed by atoms with Gasteiger partial charge < -0.3 is 9.88 Å². The highest BCUT2D eigenvalue weighted by atomic mass is 15.2. The molecule has 0 bridgehead atoms. The quantitative estimate of drug-likeness (QED) is 0.768. The summed E-state index contributed by atoms with van der Waals surface area (Å²) in [5.41, 5.74) is 2.02. The molecular formula is C11H14N4. The highest BCUT2D eigenvalue weighted by Crippen LogP contribution is 2.17. The molecule has 1 aliphatic heterocycles. The van der Waals surface area contributed by atoms with Crippen molar-refractivity contribution < 1.29 is 0 Å². The number of nitrogens with one attached hydrogen (secondary N) is 1. The van der Waals surface area contributed by atoms with Crippen LogP contribution in [0.4, 0.5) is 5.95 Å². The van der Waals surface area contributed by atoms with Gasteiger partial charge in [0.05, 0.1) is 17.2 Å². The maximum Gasteiger partial charge on any atom is 0.225 e. The molecule has 1 fully saturated rings. The monoisotopic (exact) mass is 202 g/mol. The van der Waals surface area contributed by atoms with Gasteiger partial charge in [0.1, 0.15) is 0 Å². The second-order valence-electron chi connectivity index (χ2n) is 3.99. The Balaban J connectivity index is 1.95. The predicted molar refractivity (Wildman–Crippen MR) is 60.0 cm³/mol. The molecule has 78 valence electrons. The van der Waals surface area contributed by atoms with Crippen LogP contribution in [0, 0.1) is 0 Å². The minimum Gasteiger partial charge on any atom is -0.359 e. The summed E-state index contributed by atoms with van der Waals surface area (Å²) in [4.78, 5) is 14.3. The van der Waals surface area contributed by atoms with Crippen LogP contribution in [0.3, 0.4) is 0 Å². The number of aromatic amines is 1. The van der Waals surface area contributed by atoms with Crippen molar-refractivity contribution in [2.75, 3.05) is 18.0 Å². The predicted octanol–water partition coefficient (Wildman–Crippen LogP) is 1.95. The number of nitrogens with zero attached hydrogens (tertiary/aromatic N) is 3. The lowest BCUT2D eigenvalue weighted by molar-refractivity contribution is 0.569. The molecule has 3 rings (SSSR count). The Morgan fingerprint density at radius 1 is 1.20 bits per heavy atom. The normalized spacial score (nSPS) is 17.2. The summed E-state index contributed by atoms with van der Waals surface area (Å²) in [5.74, 6) is 0.877. The Kier molecular flexibility index (Phi) is 2.05. The van der Waals surface area contributed by atoms with Crippen LogP contribution in [-0.4, -0.2) is 28.0 Å². The fourth-order valence-corrected chi connectivity index (χ4v) is 2.08. The van der Waals surface area contributed by atoms with Gasteiger partial charge in [-0.15, -0.1) is 0 Å². The fourth-order valence-electron chi connectivity index (χ4n) is 2.08. The van der Waals surface area contributed by atoms with E-state index in [9.17, 15) is 0 Å². The van der Waals surface area contributed by atoms with Gasteiger partial charge in [-0.2, -0.15) is 0 Å².